The molecule has 0 radical (unpaired) electrons. The lowest BCUT2D eigenvalue weighted by atomic mass is 9.90. The summed E-state index contributed by atoms with van der Waals surface area (Å²) >= 11 is 0. The molecule has 0 aromatic rings. The number of hydrogen-bond donors (Lipinski definition) is 1. The van der Waals surface area contributed by atoms with E-state index in [1.807, 2.05) is 13.0 Å². The molecule has 3 unspecified atom stereocenters. The molecule has 14 heavy (non-hydrogen) atoms. The highest BCUT2D eigenvalue weighted by atomic mass is 14.6. The molecule has 0 saturated heterocycles. The van der Waals surface area contributed by atoms with Gasteiger partial charge in [-0.3, -0.25) is 0 Å². The third-order valence-electron chi connectivity index (χ3n) is 2.98. The van der Waals surface area contributed by atoms with E-state index in [1.54, 1.807) is 0 Å². The topological polar surface area (TPSA) is 26.0 Å². The molecule has 2 N–H and O–H groups in total. The summed E-state index contributed by atoms with van der Waals surface area (Å²) in [6.45, 7) is 12.6. The molecule has 0 aromatic heterocycles. The van der Waals surface area contributed by atoms with Crippen molar-refractivity contribution in [3.05, 3.63) is 24.3 Å². The minimum Gasteiger partial charge on any atom is -0.324 e. The van der Waals surface area contributed by atoms with E-state index in [-0.39, 0.29) is 6.04 Å². The fraction of sp³-hybridized carbons (Fsp3) is 0.692. The standard InChI is InChI=1S/C13H25N/c1-6-8-13(12(5)14)9-11(4)10(3)7-2/h6,9-12H,1,7-8,14H2,2-5H3. The molecule has 1 nitrogen and oxygen atoms in total. The Morgan fingerprint density at radius 1 is 1.36 bits per heavy atom. The van der Waals surface area contributed by atoms with Gasteiger partial charge in [0.25, 0.3) is 0 Å². The van der Waals surface area contributed by atoms with Crippen LogP contribution in [0.15, 0.2) is 24.3 Å². The maximum Gasteiger partial charge on any atom is 0.0227 e. The monoisotopic (exact) mass is 195 g/mol. The van der Waals surface area contributed by atoms with Crippen LogP contribution in [0, 0.1) is 11.8 Å². The van der Waals surface area contributed by atoms with Crippen LogP contribution in [-0.4, -0.2) is 6.04 Å². The second kappa shape index (κ2) is 6.83. The summed E-state index contributed by atoms with van der Waals surface area (Å²) in [6.07, 6.45) is 6.38. The number of allylic oxidation sites excluding steroid dienone is 2. The van der Waals surface area contributed by atoms with E-state index >= 15 is 0 Å². The van der Waals surface area contributed by atoms with Crippen molar-refractivity contribution in [3.63, 3.8) is 0 Å². The van der Waals surface area contributed by atoms with Crippen LogP contribution < -0.4 is 5.73 Å². The lowest BCUT2D eigenvalue weighted by Gasteiger charge is -2.18. The van der Waals surface area contributed by atoms with Crippen LogP contribution in [-0.2, 0) is 0 Å². The molecular weight excluding hydrogens is 170 g/mol. The molecular formula is C13H25N. The minimum atomic E-state index is 0.152. The van der Waals surface area contributed by atoms with Crippen LogP contribution in [0.5, 0.6) is 0 Å². The van der Waals surface area contributed by atoms with Crippen LogP contribution in [0.25, 0.3) is 0 Å². The lowest BCUT2D eigenvalue weighted by molar-refractivity contribution is 0.442. The Bertz CT molecular complexity index is 191. The largest absolute Gasteiger partial charge is 0.324 e. The van der Waals surface area contributed by atoms with Gasteiger partial charge in [0.05, 0.1) is 0 Å². The number of hydrogen-bond acceptors (Lipinski definition) is 1. The van der Waals surface area contributed by atoms with Crippen molar-refractivity contribution in [2.75, 3.05) is 0 Å². The zero-order valence-electron chi connectivity index (χ0n) is 10.1. The van der Waals surface area contributed by atoms with Gasteiger partial charge in [-0.25, -0.2) is 0 Å². The maximum atomic E-state index is 5.90. The first kappa shape index (κ1) is 13.4. The normalized spacial score (nSPS) is 18.8. The first-order chi connectivity index (χ1) is 6.52. The zero-order valence-corrected chi connectivity index (χ0v) is 10.1. The van der Waals surface area contributed by atoms with Crippen molar-refractivity contribution >= 4 is 0 Å². The van der Waals surface area contributed by atoms with Crippen molar-refractivity contribution in [2.45, 2.75) is 46.6 Å². The van der Waals surface area contributed by atoms with Crippen molar-refractivity contribution in [1.82, 2.24) is 0 Å². The second-order valence-corrected chi connectivity index (χ2v) is 4.27. The molecule has 3 atom stereocenters. The van der Waals surface area contributed by atoms with E-state index in [4.69, 9.17) is 5.73 Å². The highest BCUT2D eigenvalue weighted by Gasteiger charge is 2.10. The summed E-state index contributed by atoms with van der Waals surface area (Å²) in [4.78, 5) is 0. The van der Waals surface area contributed by atoms with Crippen molar-refractivity contribution < 1.29 is 0 Å². The third kappa shape index (κ3) is 4.61. The lowest BCUT2D eigenvalue weighted by Crippen LogP contribution is -2.19. The SMILES string of the molecule is C=CCC(=CC(C)C(C)CC)C(C)N. The van der Waals surface area contributed by atoms with Gasteiger partial charge >= 0.3 is 0 Å². The van der Waals surface area contributed by atoms with E-state index < -0.39 is 0 Å². The van der Waals surface area contributed by atoms with Gasteiger partial charge in [0.1, 0.15) is 0 Å². The van der Waals surface area contributed by atoms with E-state index in [0.717, 1.165) is 12.3 Å². The molecule has 0 bridgehead atoms. The molecule has 0 heterocycles. The van der Waals surface area contributed by atoms with E-state index in [0.29, 0.717) is 5.92 Å². The van der Waals surface area contributed by atoms with Gasteiger partial charge < -0.3 is 5.73 Å². The summed E-state index contributed by atoms with van der Waals surface area (Å²) < 4.78 is 0. The predicted molar refractivity (Wildman–Crippen MR) is 65.2 cm³/mol. The average molecular weight is 195 g/mol. The van der Waals surface area contributed by atoms with Crippen molar-refractivity contribution in [2.24, 2.45) is 17.6 Å². The summed E-state index contributed by atoms with van der Waals surface area (Å²) in [5.74, 6) is 1.34. The summed E-state index contributed by atoms with van der Waals surface area (Å²) in [5.41, 5.74) is 7.21. The molecule has 0 aliphatic heterocycles. The van der Waals surface area contributed by atoms with Crippen LogP contribution in [0.1, 0.15) is 40.5 Å². The summed E-state index contributed by atoms with van der Waals surface area (Å²) in [7, 11) is 0. The molecule has 82 valence electrons. The Kier molecular flexibility index (Phi) is 6.56. The zero-order chi connectivity index (χ0) is 11.1. The third-order valence-corrected chi connectivity index (χ3v) is 2.98. The first-order valence-corrected chi connectivity index (χ1v) is 5.59. The van der Waals surface area contributed by atoms with Crippen LogP contribution in [0.3, 0.4) is 0 Å². The Balaban J connectivity index is 4.46. The maximum absolute atomic E-state index is 5.90. The van der Waals surface area contributed by atoms with Crippen molar-refractivity contribution in [1.29, 1.82) is 0 Å². The molecule has 0 fully saturated rings. The average Bonchev–Trinajstić information content (AvgIpc) is 2.15. The molecule has 0 aliphatic rings. The molecule has 0 aromatic carbocycles. The van der Waals surface area contributed by atoms with Crippen LogP contribution in [0.2, 0.25) is 0 Å². The minimum absolute atomic E-state index is 0.152. The van der Waals surface area contributed by atoms with Gasteiger partial charge in [0, 0.05) is 6.04 Å². The van der Waals surface area contributed by atoms with E-state index in [2.05, 4.69) is 33.4 Å². The van der Waals surface area contributed by atoms with Crippen LogP contribution >= 0.6 is 0 Å². The van der Waals surface area contributed by atoms with Crippen molar-refractivity contribution in [3.8, 4) is 0 Å². The smallest absolute Gasteiger partial charge is 0.0227 e. The van der Waals surface area contributed by atoms with E-state index in [1.165, 1.54) is 12.0 Å². The van der Waals surface area contributed by atoms with Gasteiger partial charge in [-0.2, -0.15) is 0 Å². The van der Waals surface area contributed by atoms with Gasteiger partial charge in [0.2, 0.25) is 0 Å². The molecule has 1 heteroatoms. The van der Waals surface area contributed by atoms with Crippen LogP contribution in [0.4, 0.5) is 0 Å². The molecule has 0 saturated carbocycles. The number of nitrogens with two attached hydrogens (primary N) is 1. The Hall–Kier alpha value is -0.560. The second-order valence-electron chi connectivity index (χ2n) is 4.27. The quantitative estimate of drug-likeness (QED) is 0.645. The Morgan fingerprint density at radius 3 is 2.29 bits per heavy atom. The predicted octanol–water partition coefficient (Wildman–Crippen LogP) is 3.52. The Morgan fingerprint density at radius 2 is 1.93 bits per heavy atom. The first-order valence-electron chi connectivity index (χ1n) is 5.59. The fourth-order valence-corrected chi connectivity index (χ4v) is 1.45. The Labute approximate surface area is 89.1 Å². The number of rotatable bonds is 6. The molecule has 0 rings (SSSR count). The van der Waals surface area contributed by atoms with Gasteiger partial charge in [-0.05, 0) is 25.2 Å². The summed E-state index contributed by atoms with van der Waals surface area (Å²) in [6, 6.07) is 0.152. The molecule has 0 spiro atoms. The van der Waals surface area contributed by atoms with Gasteiger partial charge in [0.15, 0.2) is 0 Å². The highest BCUT2D eigenvalue weighted by molar-refractivity contribution is 5.13. The molecule has 0 amide bonds. The van der Waals surface area contributed by atoms with E-state index in [9.17, 15) is 0 Å². The summed E-state index contributed by atoms with van der Waals surface area (Å²) in [5, 5.41) is 0. The molecule has 0 aliphatic carbocycles. The van der Waals surface area contributed by atoms with Gasteiger partial charge in [-0.15, -0.1) is 6.58 Å². The fourth-order valence-electron chi connectivity index (χ4n) is 1.45. The highest BCUT2D eigenvalue weighted by Crippen LogP contribution is 2.19. The van der Waals surface area contributed by atoms with Gasteiger partial charge in [-0.1, -0.05) is 44.9 Å².